The molecule has 0 fully saturated rings. The van der Waals surface area contributed by atoms with Crippen molar-refractivity contribution >= 4 is 11.9 Å². The summed E-state index contributed by atoms with van der Waals surface area (Å²) in [6, 6.07) is 3.09. The Bertz CT molecular complexity index is 466. The van der Waals surface area contributed by atoms with Crippen molar-refractivity contribution in [3.63, 3.8) is 0 Å². The van der Waals surface area contributed by atoms with Crippen molar-refractivity contribution in [2.45, 2.75) is 52.5 Å². The molecule has 0 aliphatic carbocycles. The van der Waals surface area contributed by atoms with E-state index in [0.717, 1.165) is 24.2 Å². The summed E-state index contributed by atoms with van der Waals surface area (Å²) >= 11 is 0. The van der Waals surface area contributed by atoms with Crippen molar-refractivity contribution in [3.05, 3.63) is 29.1 Å². The van der Waals surface area contributed by atoms with Crippen LogP contribution in [0.25, 0.3) is 0 Å². The number of carboxylic acids is 1. The fourth-order valence-corrected chi connectivity index (χ4v) is 2.12. The van der Waals surface area contributed by atoms with Crippen LogP contribution in [-0.2, 0) is 4.79 Å². The zero-order valence-electron chi connectivity index (χ0n) is 12.3. The van der Waals surface area contributed by atoms with E-state index in [1.54, 1.807) is 12.1 Å². The normalized spacial score (nSPS) is 11.9. The van der Waals surface area contributed by atoms with Gasteiger partial charge in [-0.1, -0.05) is 19.8 Å². The van der Waals surface area contributed by atoms with Crippen LogP contribution in [0.5, 0.6) is 0 Å². The first kappa shape index (κ1) is 16.1. The standard InChI is InChI=1S/C15H22N2O3/c1-4-5-6-13(9-14(18)19)17-15(20)12-7-10(2)16-11(3)8-12/h7-8,13H,4-6,9H2,1-3H3,(H,17,20)(H,18,19)/t13-/m0/s1. The van der Waals surface area contributed by atoms with Crippen LogP contribution in [0.3, 0.4) is 0 Å². The van der Waals surface area contributed by atoms with E-state index in [9.17, 15) is 9.59 Å². The van der Waals surface area contributed by atoms with Gasteiger partial charge in [0.15, 0.2) is 0 Å². The molecular formula is C15H22N2O3. The lowest BCUT2D eigenvalue weighted by Crippen LogP contribution is -2.36. The molecule has 20 heavy (non-hydrogen) atoms. The molecule has 1 aromatic rings. The number of hydrogen-bond donors (Lipinski definition) is 2. The molecule has 1 atom stereocenters. The van der Waals surface area contributed by atoms with E-state index in [-0.39, 0.29) is 18.4 Å². The fourth-order valence-electron chi connectivity index (χ4n) is 2.12. The van der Waals surface area contributed by atoms with E-state index in [1.807, 2.05) is 20.8 Å². The number of pyridine rings is 1. The summed E-state index contributed by atoms with van der Waals surface area (Å²) in [5.74, 6) is -1.13. The van der Waals surface area contributed by atoms with Gasteiger partial charge < -0.3 is 10.4 Å². The molecule has 1 amide bonds. The molecule has 0 aliphatic heterocycles. The van der Waals surface area contributed by atoms with E-state index < -0.39 is 5.97 Å². The van der Waals surface area contributed by atoms with Crippen molar-refractivity contribution in [1.82, 2.24) is 10.3 Å². The van der Waals surface area contributed by atoms with Gasteiger partial charge in [0.05, 0.1) is 6.42 Å². The molecule has 1 rings (SSSR count). The fraction of sp³-hybridized carbons (Fsp3) is 0.533. The Hall–Kier alpha value is -1.91. The van der Waals surface area contributed by atoms with E-state index in [2.05, 4.69) is 10.3 Å². The van der Waals surface area contributed by atoms with Crippen LogP contribution < -0.4 is 5.32 Å². The molecule has 2 N–H and O–H groups in total. The number of nitrogens with zero attached hydrogens (tertiary/aromatic N) is 1. The second kappa shape index (κ2) is 7.62. The van der Waals surface area contributed by atoms with Crippen LogP contribution in [0.2, 0.25) is 0 Å². The summed E-state index contributed by atoms with van der Waals surface area (Å²) in [5.41, 5.74) is 2.08. The quantitative estimate of drug-likeness (QED) is 0.803. The molecule has 5 heteroatoms. The zero-order valence-corrected chi connectivity index (χ0v) is 12.3. The second-order valence-electron chi connectivity index (χ2n) is 5.05. The number of hydrogen-bond acceptors (Lipinski definition) is 3. The molecule has 0 spiro atoms. The van der Waals surface area contributed by atoms with Crippen LogP contribution in [0, 0.1) is 13.8 Å². The summed E-state index contributed by atoms with van der Waals surface area (Å²) in [5, 5.41) is 11.7. The largest absolute Gasteiger partial charge is 0.481 e. The highest BCUT2D eigenvalue weighted by Gasteiger charge is 2.17. The Balaban J connectivity index is 2.75. The minimum atomic E-state index is -0.895. The third kappa shape index (κ3) is 5.38. The number of carboxylic acid groups (broad SMARTS) is 1. The van der Waals surface area contributed by atoms with Crippen LogP contribution in [0.1, 0.15) is 54.4 Å². The summed E-state index contributed by atoms with van der Waals surface area (Å²) in [6.07, 6.45) is 2.50. The molecule has 1 heterocycles. The maximum atomic E-state index is 12.2. The molecule has 0 unspecified atom stereocenters. The van der Waals surface area contributed by atoms with E-state index in [4.69, 9.17) is 5.11 Å². The van der Waals surface area contributed by atoms with Crippen molar-refractivity contribution in [3.8, 4) is 0 Å². The molecule has 0 aromatic carbocycles. The van der Waals surface area contributed by atoms with Gasteiger partial charge in [-0.3, -0.25) is 14.6 Å². The Morgan fingerprint density at radius 1 is 1.30 bits per heavy atom. The van der Waals surface area contributed by atoms with Crippen LogP contribution in [0.15, 0.2) is 12.1 Å². The van der Waals surface area contributed by atoms with Crippen molar-refractivity contribution in [2.75, 3.05) is 0 Å². The van der Waals surface area contributed by atoms with E-state index in [1.165, 1.54) is 0 Å². The lowest BCUT2D eigenvalue weighted by molar-refractivity contribution is -0.137. The summed E-state index contributed by atoms with van der Waals surface area (Å²) in [6.45, 7) is 5.69. The van der Waals surface area contributed by atoms with E-state index >= 15 is 0 Å². The second-order valence-corrected chi connectivity index (χ2v) is 5.05. The monoisotopic (exact) mass is 278 g/mol. The first-order chi connectivity index (χ1) is 9.42. The van der Waals surface area contributed by atoms with Crippen LogP contribution >= 0.6 is 0 Å². The highest BCUT2D eigenvalue weighted by molar-refractivity contribution is 5.94. The van der Waals surface area contributed by atoms with Crippen LogP contribution in [0.4, 0.5) is 0 Å². The summed E-state index contributed by atoms with van der Waals surface area (Å²) in [4.78, 5) is 27.2. The first-order valence-electron chi connectivity index (χ1n) is 6.90. The predicted octanol–water partition coefficient (Wildman–Crippen LogP) is 2.46. The van der Waals surface area contributed by atoms with Crippen molar-refractivity contribution in [2.24, 2.45) is 0 Å². The molecule has 0 bridgehead atoms. The number of aromatic nitrogens is 1. The smallest absolute Gasteiger partial charge is 0.305 e. The van der Waals surface area contributed by atoms with Gasteiger partial charge in [0.25, 0.3) is 5.91 Å². The van der Waals surface area contributed by atoms with Gasteiger partial charge in [-0.05, 0) is 32.4 Å². The molecular weight excluding hydrogens is 256 g/mol. The molecule has 1 aromatic heterocycles. The maximum Gasteiger partial charge on any atom is 0.305 e. The minimum Gasteiger partial charge on any atom is -0.481 e. The molecule has 0 radical (unpaired) electrons. The van der Waals surface area contributed by atoms with Gasteiger partial charge in [-0.25, -0.2) is 0 Å². The molecule has 0 saturated heterocycles. The van der Waals surface area contributed by atoms with Gasteiger partial charge in [-0.15, -0.1) is 0 Å². The molecule has 110 valence electrons. The Labute approximate surface area is 119 Å². The Morgan fingerprint density at radius 3 is 2.40 bits per heavy atom. The lowest BCUT2D eigenvalue weighted by atomic mass is 10.1. The number of aliphatic carboxylic acids is 1. The van der Waals surface area contributed by atoms with Gasteiger partial charge in [0, 0.05) is 23.0 Å². The molecule has 0 saturated carbocycles. The number of rotatable bonds is 7. The topological polar surface area (TPSA) is 79.3 Å². The zero-order chi connectivity index (χ0) is 15.1. The number of aryl methyl sites for hydroxylation is 2. The number of carbonyl (C=O) groups excluding carboxylic acids is 1. The van der Waals surface area contributed by atoms with E-state index in [0.29, 0.717) is 12.0 Å². The average Bonchev–Trinajstić information content (AvgIpc) is 2.34. The SMILES string of the molecule is CCCC[C@@H](CC(=O)O)NC(=O)c1cc(C)nc(C)c1. The minimum absolute atomic E-state index is 0.0468. The van der Waals surface area contributed by atoms with Gasteiger partial charge >= 0.3 is 5.97 Å². The van der Waals surface area contributed by atoms with Crippen LogP contribution in [-0.4, -0.2) is 28.0 Å². The number of nitrogens with one attached hydrogen (secondary N) is 1. The highest BCUT2D eigenvalue weighted by Crippen LogP contribution is 2.09. The van der Waals surface area contributed by atoms with Gasteiger partial charge in [0.1, 0.15) is 0 Å². The lowest BCUT2D eigenvalue weighted by Gasteiger charge is -2.17. The maximum absolute atomic E-state index is 12.2. The third-order valence-corrected chi connectivity index (χ3v) is 3.01. The summed E-state index contributed by atoms with van der Waals surface area (Å²) < 4.78 is 0. The predicted molar refractivity (Wildman–Crippen MR) is 76.7 cm³/mol. The van der Waals surface area contributed by atoms with Gasteiger partial charge in [-0.2, -0.15) is 0 Å². The number of unbranched alkanes of at least 4 members (excludes halogenated alkanes) is 1. The Kier molecular flexibility index (Phi) is 6.15. The molecule has 0 aliphatic rings. The highest BCUT2D eigenvalue weighted by atomic mass is 16.4. The average molecular weight is 278 g/mol. The van der Waals surface area contributed by atoms with Crippen molar-refractivity contribution in [1.29, 1.82) is 0 Å². The number of amides is 1. The van der Waals surface area contributed by atoms with Gasteiger partial charge in [0.2, 0.25) is 0 Å². The molecule has 5 nitrogen and oxygen atoms in total. The summed E-state index contributed by atoms with van der Waals surface area (Å²) in [7, 11) is 0. The van der Waals surface area contributed by atoms with Crippen molar-refractivity contribution < 1.29 is 14.7 Å². The first-order valence-corrected chi connectivity index (χ1v) is 6.90. The number of carbonyl (C=O) groups is 2. The Morgan fingerprint density at radius 2 is 1.90 bits per heavy atom. The third-order valence-electron chi connectivity index (χ3n) is 3.01.